The lowest BCUT2D eigenvalue weighted by Gasteiger charge is -2.45. The molecule has 0 fully saturated rings. The summed E-state index contributed by atoms with van der Waals surface area (Å²) in [6, 6.07) is 14.9. The van der Waals surface area contributed by atoms with Crippen LogP contribution in [0, 0.1) is 0 Å². The number of nitrogens with two attached hydrogens (primary N) is 1. The maximum absolute atomic E-state index is 6.12. The summed E-state index contributed by atoms with van der Waals surface area (Å²) in [5, 5.41) is 2.50. The Labute approximate surface area is 127 Å². The molecule has 3 heteroatoms. The normalized spacial score (nSPS) is 15.7. The summed E-state index contributed by atoms with van der Waals surface area (Å²) in [6.45, 7) is 7.85. The number of benzene rings is 2. The zero-order valence-corrected chi connectivity index (χ0v) is 13.5. The molecule has 0 aromatic heterocycles. The number of likely N-dealkylation sites (N-methyl/N-ethyl adjacent to an activating group) is 1. The topological polar surface area (TPSA) is 38.5 Å². The lowest BCUT2D eigenvalue weighted by atomic mass is 9.91. The first kappa shape index (κ1) is 15.8. The second kappa shape index (κ2) is 6.46. The first-order chi connectivity index (χ1) is 10.1. The molecule has 114 valence electrons. The SMILES string of the molecule is CCN(c1cccc2ccccc12)C(C)(CN)C(C)OC. The van der Waals surface area contributed by atoms with Crippen molar-refractivity contribution in [1.29, 1.82) is 0 Å². The highest BCUT2D eigenvalue weighted by molar-refractivity contribution is 5.94. The Morgan fingerprint density at radius 3 is 2.48 bits per heavy atom. The molecule has 2 rings (SSSR count). The average Bonchev–Trinajstić information content (AvgIpc) is 2.54. The van der Waals surface area contributed by atoms with Crippen LogP contribution in [0.15, 0.2) is 42.5 Å². The molecule has 2 aromatic rings. The Morgan fingerprint density at radius 2 is 1.86 bits per heavy atom. The summed E-state index contributed by atoms with van der Waals surface area (Å²) in [4.78, 5) is 2.36. The number of ether oxygens (including phenoxy) is 1. The molecule has 0 heterocycles. The highest BCUT2D eigenvalue weighted by Crippen LogP contribution is 2.33. The van der Waals surface area contributed by atoms with Crippen molar-refractivity contribution in [3.05, 3.63) is 42.5 Å². The van der Waals surface area contributed by atoms with E-state index in [0.29, 0.717) is 6.54 Å². The van der Waals surface area contributed by atoms with E-state index in [2.05, 4.69) is 68.1 Å². The summed E-state index contributed by atoms with van der Waals surface area (Å²) in [5.41, 5.74) is 7.09. The van der Waals surface area contributed by atoms with Gasteiger partial charge in [0, 0.05) is 31.3 Å². The van der Waals surface area contributed by atoms with Crippen LogP contribution in [0.1, 0.15) is 20.8 Å². The molecule has 3 nitrogen and oxygen atoms in total. The largest absolute Gasteiger partial charge is 0.379 e. The average molecular weight is 286 g/mol. The van der Waals surface area contributed by atoms with Crippen LogP contribution in [0.3, 0.4) is 0 Å². The van der Waals surface area contributed by atoms with Crippen LogP contribution in [0.4, 0.5) is 5.69 Å². The molecule has 0 saturated heterocycles. The highest BCUT2D eigenvalue weighted by Gasteiger charge is 2.36. The Hall–Kier alpha value is -1.58. The summed E-state index contributed by atoms with van der Waals surface area (Å²) >= 11 is 0. The molecule has 2 unspecified atom stereocenters. The Balaban J connectivity index is 2.58. The van der Waals surface area contributed by atoms with Gasteiger partial charge in [-0.25, -0.2) is 0 Å². The number of hydrogen-bond acceptors (Lipinski definition) is 3. The molecular weight excluding hydrogens is 260 g/mol. The van der Waals surface area contributed by atoms with Gasteiger partial charge in [-0.1, -0.05) is 36.4 Å². The van der Waals surface area contributed by atoms with Crippen LogP contribution >= 0.6 is 0 Å². The van der Waals surface area contributed by atoms with E-state index in [-0.39, 0.29) is 11.6 Å². The molecule has 2 N–H and O–H groups in total. The van der Waals surface area contributed by atoms with Gasteiger partial charge in [-0.3, -0.25) is 0 Å². The maximum Gasteiger partial charge on any atom is 0.0784 e. The van der Waals surface area contributed by atoms with E-state index in [0.717, 1.165) is 6.54 Å². The first-order valence-corrected chi connectivity index (χ1v) is 7.56. The number of anilines is 1. The minimum absolute atomic E-state index is 0.0430. The minimum Gasteiger partial charge on any atom is -0.379 e. The third-order valence-corrected chi connectivity index (χ3v) is 4.63. The molecule has 0 spiro atoms. The summed E-state index contributed by atoms with van der Waals surface area (Å²) in [5.74, 6) is 0. The maximum atomic E-state index is 6.12. The van der Waals surface area contributed by atoms with Crippen LogP contribution < -0.4 is 10.6 Å². The van der Waals surface area contributed by atoms with Crippen molar-refractivity contribution in [2.45, 2.75) is 32.4 Å². The van der Waals surface area contributed by atoms with Gasteiger partial charge in [0.25, 0.3) is 0 Å². The Kier molecular flexibility index (Phi) is 4.86. The molecule has 0 aliphatic heterocycles. The molecule has 21 heavy (non-hydrogen) atoms. The summed E-state index contributed by atoms with van der Waals surface area (Å²) in [7, 11) is 1.75. The highest BCUT2D eigenvalue weighted by atomic mass is 16.5. The van der Waals surface area contributed by atoms with E-state index in [9.17, 15) is 0 Å². The number of nitrogens with zero attached hydrogens (tertiary/aromatic N) is 1. The van der Waals surface area contributed by atoms with E-state index in [1.807, 2.05) is 0 Å². The lowest BCUT2D eigenvalue weighted by Crippen LogP contribution is -2.59. The second-order valence-corrected chi connectivity index (χ2v) is 5.68. The van der Waals surface area contributed by atoms with Gasteiger partial charge in [0.1, 0.15) is 0 Å². The molecule has 0 aliphatic carbocycles. The predicted octanol–water partition coefficient (Wildman–Crippen LogP) is 3.42. The zero-order valence-electron chi connectivity index (χ0n) is 13.5. The second-order valence-electron chi connectivity index (χ2n) is 5.68. The van der Waals surface area contributed by atoms with E-state index < -0.39 is 0 Å². The van der Waals surface area contributed by atoms with Crippen molar-refractivity contribution < 1.29 is 4.74 Å². The number of fused-ring (bicyclic) bond motifs is 1. The van der Waals surface area contributed by atoms with Crippen molar-refractivity contribution >= 4 is 16.5 Å². The van der Waals surface area contributed by atoms with E-state index in [1.165, 1.54) is 16.5 Å². The molecular formula is C18H26N2O. The van der Waals surface area contributed by atoms with Gasteiger partial charge in [-0.05, 0) is 32.2 Å². The number of hydrogen-bond donors (Lipinski definition) is 1. The van der Waals surface area contributed by atoms with Gasteiger partial charge in [-0.2, -0.15) is 0 Å². The fourth-order valence-electron chi connectivity index (χ4n) is 3.00. The zero-order chi connectivity index (χ0) is 15.5. The van der Waals surface area contributed by atoms with Crippen LogP contribution in [0.2, 0.25) is 0 Å². The molecule has 0 saturated carbocycles. The van der Waals surface area contributed by atoms with Gasteiger partial charge >= 0.3 is 0 Å². The van der Waals surface area contributed by atoms with Gasteiger partial charge in [0.15, 0.2) is 0 Å². The number of rotatable bonds is 6. The fourth-order valence-corrected chi connectivity index (χ4v) is 3.00. The fraction of sp³-hybridized carbons (Fsp3) is 0.444. The predicted molar refractivity (Wildman–Crippen MR) is 90.9 cm³/mol. The summed E-state index contributed by atoms with van der Waals surface area (Å²) < 4.78 is 5.60. The molecule has 0 amide bonds. The molecule has 0 radical (unpaired) electrons. The van der Waals surface area contributed by atoms with E-state index in [4.69, 9.17) is 10.5 Å². The van der Waals surface area contributed by atoms with Crippen LogP contribution in [0.5, 0.6) is 0 Å². The molecule has 0 bridgehead atoms. The van der Waals surface area contributed by atoms with E-state index in [1.54, 1.807) is 7.11 Å². The molecule has 2 atom stereocenters. The smallest absolute Gasteiger partial charge is 0.0784 e. The van der Waals surface area contributed by atoms with Crippen LogP contribution in [-0.4, -0.2) is 31.8 Å². The van der Waals surface area contributed by atoms with Crippen molar-refractivity contribution in [3.8, 4) is 0 Å². The number of methoxy groups -OCH3 is 1. The van der Waals surface area contributed by atoms with Gasteiger partial charge in [0.05, 0.1) is 11.6 Å². The third kappa shape index (κ3) is 2.76. The Morgan fingerprint density at radius 1 is 1.19 bits per heavy atom. The van der Waals surface area contributed by atoms with Crippen molar-refractivity contribution in [2.24, 2.45) is 5.73 Å². The lowest BCUT2D eigenvalue weighted by molar-refractivity contribution is 0.0562. The first-order valence-electron chi connectivity index (χ1n) is 7.56. The molecule has 2 aromatic carbocycles. The van der Waals surface area contributed by atoms with Gasteiger partial charge in [-0.15, -0.1) is 0 Å². The van der Waals surface area contributed by atoms with Gasteiger partial charge < -0.3 is 15.4 Å². The Bertz CT molecular complexity index is 593. The van der Waals surface area contributed by atoms with E-state index >= 15 is 0 Å². The van der Waals surface area contributed by atoms with Crippen LogP contribution in [-0.2, 0) is 4.74 Å². The monoisotopic (exact) mass is 286 g/mol. The summed E-state index contributed by atoms with van der Waals surface area (Å²) in [6.07, 6.45) is 0.0430. The van der Waals surface area contributed by atoms with Crippen molar-refractivity contribution in [2.75, 3.05) is 25.1 Å². The van der Waals surface area contributed by atoms with Crippen molar-refractivity contribution in [1.82, 2.24) is 0 Å². The van der Waals surface area contributed by atoms with Gasteiger partial charge in [0.2, 0.25) is 0 Å². The molecule has 0 aliphatic rings. The van der Waals surface area contributed by atoms with Crippen LogP contribution in [0.25, 0.3) is 10.8 Å². The minimum atomic E-state index is -0.242. The van der Waals surface area contributed by atoms with Crippen molar-refractivity contribution in [3.63, 3.8) is 0 Å². The third-order valence-electron chi connectivity index (χ3n) is 4.63. The standard InChI is InChI=1S/C18H26N2O/c1-5-20(18(3,13-19)14(2)21-4)17-12-8-10-15-9-6-7-11-16(15)17/h6-12,14H,5,13,19H2,1-4H3. The quantitative estimate of drug-likeness (QED) is 0.884.